The standard InChI is InChI=1S/C14H19N5O/c1-9-6-19(8-13(20)16-9)7-11-4-12-10(2)17-18(3)14(12)15-5-11/h4-5,9H,6-8H2,1-3H3,(H,16,20). The summed E-state index contributed by atoms with van der Waals surface area (Å²) in [5, 5.41) is 8.39. The molecule has 20 heavy (non-hydrogen) atoms. The highest BCUT2D eigenvalue weighted by molar-refractivity contribution is 5.79. The molecule has 3 heterocycles. The van der Waals surface area contributed by atoms with Crippen LogP contribution in [-0.2, 0) is 18.4 Å². The van der Waals surface area contributed by atoms with Crippen molar-refractivity contribution in [1.82, 2.24) is 25.0 Å². The molecule has 1 unspecified atom stereocenters. The number of carbonyl (C=O) groups excluding carboxylic acids is 1. The van der Waals surface area contributed by atoms with Gasteiger partial charge in [0.25, 0.3) is 0 Å². The minimum absolute atomic E-state index is 0.0929. The maximum absolute atomic E-state index is 11.6. The largest absolute Gasteiger partial charge is 0.351 e. The van der Waals surface area contributed by atoms with Gasteiger partial charge in [-0.05, 0) is 25.5 Å². The smallest absolute Gasteiger partial charge is 0.234 e. The number of pyridine rings is 1. The van der Waals surface area contributed by atoms with E-state index in [1.54, 1.807) is 4.68 Å². The van der Waals surface area contributed by atoms with Crippen LogP contribution in [0.15, 0.2) is 12.3 Å². The van der Waals surface area contributed by atoms with Crippen molar-refractivity contribution in [1.29, 1.82) is 0 Å². The number of amides is 1. The van der Waals surface area contributed by atoms with Crippen LogP contribution in [0.2, 0.25) is 0 Å². The Morgan fingerprint density at radius 3 is 3.05 bits per heavy atom. The number of hydrogen-bond donors (Lipinski definition) is 1. The molecule has 0 radical (unpaired) electrons. The lowest BCUT2D eigenvalue weighted by Crippen LogP contribution is -2.52. The summed E-state index contributed by atoms with van der Waals surface area (Å²) in [6.07, 6.45) is 1.88. The van der Waals surface area contributed by atoms with E-state index in [0.717, 1.165) is 35.4 Å². The van der Waals surface area contributed by atoms with Crippen molar-refractivity contribution in [2.75, 3.05) is 13.1 Å². The summed E-state index contributed by atoms with van der Waals surface area (Å²) < 4.78 is 1.80. The molecule has 2 aromatic rings. The number of fused-ring (bicyclic) bond motifs is 1. The second-order valence-electron chi connectivity index (χ2n) is 5.56. The van der Waals surface area contributed by atoms with Gasteiger partial charge in [-0.3, -0.25) is 14.4 Å². The van der Waals surface area contributed by atoms with Crippen LogP contribution in [0.5, 0.6) is 0 Å². The average molecular weight is 273 g/mol. The molecule has 3 rings (SSSR count). The molecular weight excluding hydrogens is 254 g/mol. The molecule has 106 valence electrons. The van der Waals surface area contributed by atoms with E-state index < -0.39 is 0 Å². The number of hydrogen-bond acceptors (Lipinski definition) is 4. The third-order valence-electron chi connectivity index (χ3n) is 3.63. The summed E-state index contributed by atoms with van der Waals surface area (Å²) in [5.74, 6) is 0.0929. The third-order valence-corrected chi connectivity index (χ3v) is 3.63. The predicted octanol–water partition coefficient (Wildman–Crippen LogP) is 0.597. The number of aromatic nitrogens is 3. The topological polar surface area (TPSA) is 63.1 Å². The van der Waals surface area contributed by atoms with Crippen LogP contribution in [0, 0.1) is 6.92 Å². The first kappa shape index (κ1) is 13.1. The highest BCUT2D eigenvalue weighted by Gasteiger charge is 2.21. The van der Waals surface area contributed by atoms with E-state index in [0.29, 0.717) is 6.54 Å². The van der Waals surface area contributed by atoms with Gasteiger partial charge in [0.15, 0.2) is 5.65 Å². The summed E-state index contributed by atoms with van der Waals surface area (Å²) >= 11 is 0. The molecular formula is C14H19N5O. The number of aryl methyl sites for hydroxylation is 2. The summed E-state index contributed by atoms with van der Waals surface area (Å²) in [7, 11) is 1.90. The normalized spacial score (nSPS) is 20.4. The van der Waals surface area contributed by atoms with E-state index in [4.69, 9.17) is 0 Å². The van der Waals surface area contributed by atoms with Gasteiger partial charge < -0.3 is 5.32 Å². The lowest BCUT2D eigenvalue weighted by molar-refractivity contribution is -0.125. The molecule has 2 aromatic heterocycles. The van der Waals surface area contributed by atoms with E-state index in [1.807, 2.05) is 27.1 Å². The molecule has 1 aliphatic rings. The van der Waals surface area contributed by atoms with Crippen molar-refractivity contribution in [3.63, 3.8) is 0 Å². The zero-order valence-corrected chi connectivity index (χ0v) is 12.1. The van der Waals surface area contributed by atoms with Crippen LogP contribution in [0.25, 0.3) is 11.0 Å². The van der Waals surface area contributed by atoms with Gasteiger partial charge in [0.1, 0.15) is 0 Å². The van der Waals surface area contributed by atoms with E-state index in [9.17, 15) is 4.79 Å². The van der Waals surface area contributed by atoms with Gasteiger partial charge in [0, 0.05) is 37.8 Å². The number of nitrogens with one attached hydrogen (secondary N) is 1. The third kappa shape index (κ3) is 2.38. The Morgan fingerprint density at radius 2 is 2.30 bits per heavy atom. The fourth-order valence-electron chi connectivity index (χ4n) is 2.84. The number of nitrogens with zero attached hydrogens (tertiary/aromatic N) is 4. The first-order valence-corrected chi connectivity index (χ1v) is 6.83. The Labute approximate surface area is 117 Å². The molecule has 0 aromatic carbocycles. The van der Waals surface area contributed by atoms with Gasteiger partial charge in [0.05, 0.1) is 12.2 Å². The minimum Gasteiger partial charge on any atom is -0.351 e. The van der Waals surface area contributed by atoms with E-state index in [2.05, 4.69) is 26.4 Å². The quantitative estimate of drug-likeness (QED) is 0.870. The Morgan fingerprint density at radius 1 is 1.50 bits per heavy atom. The van der Waals surface area contributed by atoms with Crippen LogP contribution in [-0.4, -0.2) is 44.7 Å². The molecule has 1 aliphatic heterocycles. The summed E-state index contributed by atoms with van der Waals surface area (Å²) in [4.78, 5) is 18.2. The monoisotopic (exact) mass is 273 g/mol. The van der Waals surface area contributed by atoms with Crippen molar-refractivity contribution < 1.29 is 4.79 Å². The molecule has 0 saturated carbocycles. The average Bonchev–Trinajstić information content (AvgIpc) is 2.63. The lowest BCUT2D eigenvalue weighted by atomic mass is 10.1. The molecule has 1 amide bonds. The molecule has 0 aliphatic carbocycles. The first-order valence-electron chi connectivity index (χ1n) is 6.83. The maximum Gasteiger partial charge on any atom is 0.234 e. The molecule has 1 saturated heterocycles. The molecule has 1 atom stereocenters. The molecule has 6 heteroatoms. The molecule has 6 nitrogen and oxygen atoms in total. The Hall–Kier alpha value is -1.95. The van der Waals surface area contributed by atoms with Gasteiger partial charge in [-0.15, -0.1) is 0 Å². The van der Waals surface area contributed by atoms with Crippen LogP contribution in [0.4, 0.5) is 0 Å². The second kappa shape index (κ2) is 4.86. The molecule has 0 spiro atoms. The second-order valence-corrected chi connectivity index (χ2v) is 5.56. The van der Waals surface area contributed by atoms with Crippen molar-refractivity contribution in [2.24, 2.45) is 7.05 Å². The zero-order chi connectivity index (χ0) is 14.3. The van der Waals surface area contributed by atoms with Gasteiger partial charge in [-0.25, -0.2) is 4.98 Å². The van der Waals surface area contributed by atoms with Crippen LogP contribution in [0.3, 0.4) is 0 Å². The van der Waals surface area contributed by atoms with Crippen LogP contribution in [0.1, 0.15) is 18.2 Å². The van der Waals surface area contributed by atoms with E-state index in [1.165, 1.54) is 0 Å². The van der Waals surface area contributed by atoms with E-state index >= 15 is 0 Å². The van der Waals surface area contributed by atoms with Crippen molar-refractivity contribution in [3.05, 3.63) is 23.5 Å². The Bertz CT molecular complexity index is 663. The highest BCUT2D eigenvalue weighted by Crippen LogP contribution is 2.18. The summed E-state index contributed by atoms with van der Waals surface area (Å²) in [5.41, 5.74) is 3.01. The predicted molar refractivity (Wildman–Crippen MR) is 76.1 cm³/mol. The van der Waals surface area contributed by atoms with Gasteiger partial charge in [-0.2, -0.15) is 5.10 Å². The number of rotatable bonds is 2. The highest BCUT2D eigenvalue weighted by atomic mass is 16.2. The van der Waals surface area contributed by atoms with Crippen molar-refractivity contribution in [2.45, 2.75) is 26.4 Å². The van der Waals surface area contributed by atoms with Crippen LogP contribution >= 0.6 is 0 Å². The van der Waals surface area contributed by atoms with Crippen molar-refractivity contribution in [3.8, 4) is 0 Å². The van der Waals surface area contributed by atoms with Crippen LogP contribution < -0.4 is 5.32 Å². The van der Waals surface area contributed by atoms with Gasteiger partial charge >= 0.3 is 0 Å². The van der Waals surface area contributed by atoms with E-state index in [-0.39, 0.29) is 11.9 Å². The number of piperazine rings is 1. The molecule has 1 fully saturated rings. The minimum atomic E-state index is 0.0929. The summed E-state index contributed by atoms with van der Waals surface area (Å²) in [6, 6.07) is 2.33. The Kier molecular flexibility index (Phi) is 3.17. The van der Waals surface area contributed by atoms with Gasteiger partial charge in [-0.1, -0.05) is 0 Å². The van der Waals surface area contributed by atoms with Gasteiger partial charge in [0.2, 0.25) is 5.91 Å². The molecule has 1 N–H and O–H groups in total. The Balaban J connectivity index is 1.84. The maximum atomic E-state index is 11.6. The lowest BCUT2D eigenvalue weighted by Gasteiger charge is -2.30. The van der Waals surface area contributed by atoms with Crippen molar-refractivity contribution >= 4 is 16.9 Å². The SMILES string of the molecule is Cc1nn(C)c2ncc(CN3CC(=O)NC(C)C3)cc12. The molecule has 0 bridgehead atoms. The summed E-state index contributed by atoms with van der Waals surface area (Å²) in [6.45, 7) is 6.08. The fraction of sp³-hybridized carbons (Fsp3) is 0.500. The number of carbonyl (C=O) groups is 1. The zero-order valence-electron chi connectivity index (χ0n) is 12.1. The fourth-order valence-corrected chi connectivity index (χ4v) is 2.84. The first-order chi connectivity index (χ1) is 9.52.